The van der Waals surface area contributed by atoms with Crippen LogP contribution in [-0.2, 0) is 10.2 Å². The van der Waals surface area contributed by atoms with Crippen LogP contribution in [0.25, 0.3) is 0 Å². The number of terminal acetylenes is 1. The van der Waals surface area contributed by atoms with Gasteiger partial charge >= 0.3 is 5.97 Å². The highest BCUT2D eigenvalue weighted by Crippen LogP contribution is 2.54. The highest BCUT2D eigenvalue weighted by molar-refractivity contribution is 9.10. The van der Waals surface area contributed by atoms with Crippen LogP contribution >= 0.6 is 15.9 Å². The molecule has 0 amide bonds. The van der Waals surface area contributed by atoms with Crippen molar-refractivity contribution in [2.24, 2.45) is 0 Å². The molecule has 4 rings (SSSR count). The van der Waals surface area contributed by atoms with Gasteiger partial charge in [0, 0.05) is 15.5 Å². The fraction of sp³-hybridized carbons (Fsp3) is 0.227. The van der Waals surface area contributed by atoms with Crippen LogP contribution in [-0.4, -0.2) is 12.8 Å². The first-order chi connectivity index (χ1) is 13.1. The number of ether oxygens (including phenoxy) is 3. The molecule has 2 aromatic rings. The van der Waals surface area contributed by atoms with Crippen LogP contribution in [0, 0.1) is 12.3 Å². The molecule has 0 N–H and O–H groups in total. The van der Waals surface area contributed by atoms with Crippen molar-refractivity contribution >= 4 is 21.9 Å². The highest BCUT2D eigenvalue weighted by Gasteiger charge is 2.44. The lowest BCUT2D eigenvalue weighted by molar-refractivity contribution is 0.0406. The van der Waals surface area contributed by atoms with Gasteiger partial charge in [0.15, 0.2) is 17.6 Å². The smallest absolute Gasteiger partial charge is 0.339 e. The van der Waals surface area contributed by atoms with Crippen LogP contribution < -0.4 is 9.47 Å². The number of rotatable bonds is 5. The van der Waals surface area contributed by atoms with E-state index in [0.29, 0.717) is 17.1 Å². The monoisotopic (exact) mass is 424 g/mol. The zero-order valence-electron chi connectivity index (χ0n) is 14.5. The molecule has 0 saturated heterocycles. The zero-order chi connectivity index (χ0) is 19.0. The minimum atomic E-state index is -0.830. The number of hydrogen-bond donors (Lipinski definition) is 0. The number of benzene rings is 2. The Morgan fingerprint density at radius 3 is 2.52 bits per heavy atom. The third-order valence-corrected chi connectivity index (χ3v) is 5.53. The molecule has 2 aliphatic rings. The van der Waals surface area contributed by atoms with Crippen molar-refractivity contribution in [3.05, 3.63) is 70.2 Å². The van der Waals surface area contributed by atoms with Gasteiger partial charge in [-0.2, -0.15) is 0 Å². The Hall–Kier alpha value is -2.71. The standard InChI is InChI=1S/C22H17BrO4/c1-3-18(27-21(24)14-5-7-15(23)8-6-14)16-11-19-20(26-13-25-19)12-17(16)22(4-2)9-10-22/h1,4-8,11-12,18H,2,9-10,13H2/t18-/m1/s1. The van der Waals surface area contributed by atoms with Gasteiger partial charge in [-0.25, -0.2) is 4.79 Å². The molecule has 0 unspecified atom stereocenters. The van der Waals surface area contributed by atoms with Gasteiger partial charge in [0.1, 0.15) is 0 Å². The Kier molecular flexibility index (Phi) is 4.45. The summed E-state index contributed by atoms with van der Waals surface area (Å²) in [6, 6.07) is 10.7. The minimum absolute atomic E-state index is 0.157. The van der Waals surface area contributed by atoms with Crippen LogP contribution in [0.1, 0.15) is 40.4 Å². The van der Waals surface area contributed by atoms with E-state index in [-0.39, 0.29) is 12.2 Å². The van der Waals surface area contributed by atoms with Crippen molar-refractivity contribution in [3.8, 4) is 23.8 Å². The van der Waals surface area contributed by atoms with Gasteiger partial charge in [-0.3, -0.25) is 0 Å². The summed E-state index contributed by atoms with van der Waals surface area (Å²) in [5.41, 5.74) is 2.00. The van der Waals surface area contributed by atoms with E-state index in [4.69, 9.17) is 20.6 Å². The van der Waals surface area contributed by atoms with Crippen molar-refractivity contribution in [2.75, 3.05) is 6.79 Å². The van der Waals surface area contributed by atoms with Crippen LogP contribution in [0.5, 0.6) is 11.5 Å². The van der Waals surface area contributed by atoms with Crippen LogP contribution in [0.4, 0.5) is 0 Å². The fourth-order valence-electron chi connectivity index (χ4n) is 3.27. The van der Waals surface area contributed by atoms with Crippen molar-refractivity contribution in [1.29, 1.82) is 0 Å². The normalized spacial score (nSPS) is 16.9. The van der Waals surface area contributed by atoms with Crippen molar-refractivity contribution in [1.82, 2.24) is 0 Å². The summed E-state index contributed by atoms with van der Waals surface area (Å²) < 4.78 is 17.6. The van der Waals surface area contributed by atoms with Gasteiger partial charge in [0.25, 0.3) is 0 Å². The fourth-order valence-corrected chi connectivity index (χ4v) is 3.54. The summed E-state index contributed by atoms with van der Waals surface area (Å²) in [5, 5.41) is 0. The number of fused-ring (bicyclic) bond motifs is 1. The highest BCUT2D eigenvalue weighted by atomic mass is 79.9. The van der Waals surface area contributed by atoms with Crippen LogP contribution in [0.3, 0.4) is 0 Å². The molecular weight excluding hydrogens is 408 g/mol. The van der Waals surface area contributed by atoms with Crippen LogP contribution in [0.2, 0.25) is 0 Å². The molecule has 0 radical (unpaired) electrons. The third-order valence-electron chi connectivity index (χ3n) is 5.00. The van der Waals surface area contributed by atoms with E-state index in [2.05, 4.69) is 28.4 Å². The van der Waals surface area contributed by atoms with E-state index in [9.17, 15) is 4.79 Å². The summed E-state index contributed by atoms with van der Waals surface area (Å²) in [6.45, 7) is 4.14. The molecule has 136 valence electrons. The Morgan fingerprint density at radius 2 is 1.93 bits per heavy atom. The number of hydrogen-bond acceptors (Lipinski definition) is 4. The predicted octanol–water partition coefficient (Wildman–Crippen LogP) is 4.93. The second kappa shape index (κ2) is 6.79. The molecular formula is C22H17BrO4. The molecule has 0 aromatic heterocycles. The van der Waals surface area contributed by atoms with Gasteiger partial charge in [-0.1, -0.05) is 27.9 Å². The zero-order valence-corrected chi connectivity index (χ0v) is 16.1. The SMILES string of the molecule is C#C[C@@H](OC(=O)c1ccc(Br)cc1)c1cc2c(cc1C1(C=C)CC1)OCO2. The summed E-state index contributed by atoms with van der Waals surface area (Å²) in [4.78, 5) is 12.6. The number of carbonyl (C=O) groups is 1. The molecule has 1 aliphatic carbocycles. The summed E-state index contributed by atoms with van der Waals surface area (Å²) in [7, 11) is 0. The predicted molar refractivity (Wildman–Crippen MR) is 105 cm³/mol. The summed E-state index contributed by atoms with van der Waals surface area (Å²) in [6.07, 6.45) is 8.79. The maximum absolute atomic E-state index is 12.6. The molecule has 5 heteroatoms. The van der Waals surface area contributed by atoms with Gasteiger partial charge < -0.3 is 14.2 Å². The number of halogens is 1. The lowest BCUT2D eigenvalue weighted by Gasteiger charge is -2.21. The molecule has 27 heavy (non-hydrogen) atoms. The van der Waals surface area contributed by atoms with Crippen molar-refractivity contribution < 1.29 is 19.0 Å². The Balaban J connectivity index is 1.70. The molecule has 1 aliphatic heterocycles. The Morgan fingerprint density at radius 1 is 1.26 bits per heavy atom. The Bertz CT molecular complexity index is 952. The van der Waals surface area contributed by atoms with Crippen LogP contribution in [0.15, 0.2) is 53.5 Å². The molecule has 4 nitrogen and oxygen atoms in total. The molecule has 0 bridgehead atoms. The summed E-state index contributed by atoms with van der Waals surface area (Å²) in [5.74, 6) is 3.41. The molecule has 2 aromatic carbocycles. The topological polar surface area (TPSA) is 44.8 Å². The number of esters is 1. The molecule has 0 spiro atoms. The maximum atomic E-state index is 12.6. The Labute approximate surface area is 166 Å². The quantitative estimate of drug-likeness (QED) is 0.387. The maximum Gasteiger partial charge on any atom is 0.339 e. The van der Waals surface area contributed by atoms with Crippen molar-refractivity contribution in [2.45, 2.75) is 24.4 Å². The number of allylic oxidation sites excluding steroid dienone is 1. The lowest BCUT2D eigenvalue weighted by atomic mass is 9.88. The first-order valence-corrected chi connectivity index (χ1v) is 9.36. The molecule has 1 atom stereocenters. The van der Waals surface area contributed by atoms with E-state index >= 15 is 0 Å². The average Bonchev–Trinajstić information content (AvgIpc) is 3.35. The molecule has 1 fully saturated rings. The minimum Gasteiger partial charge on any atom is -0.454 e. The molecule has 1 heterocycles. The van der Waals surface area contributed by atoms with E-state index in [1.54, 1.807) is 24.3 Å². The van der Waals surface area contributed by atoms with E-state index in [1.807, 2.05) is 18.2 Å². The second-order valence-electron chi connectivity index (χ2n) is 6.61. The summed E-state index contributed by atoms with van der Waals surface area (Å²) >= 11 is 3.35. The van der Waals surface area contributed by atoms with Gasteiger partial charge in [0.05, 0.1) is 5.56 Å². The largest absolute Gasteiger partial charge is 0.454 e. The van der Waals surface area contributed by atoms with E-state index < -0.39 is 12.1 Å². The second-order valence-corrected chi connectivity index (χ2v) is 7.53. The van der Waals surface area contributed by atoms with E-state index in [1.165, 1.54) is 0 Å². The first kappa shape index (κ1) is 17.7. The van der Waals surface area contributed by atoms with Crippen molar-refractivity contribution in [3.63, 3.8) is 0 Å². The van der Waals surface area contributed by atoms with Gasteiger partial charge in [-0.15, -0.1) is 13.0 Å². The first-order valence-electron chi connectivity index (χ1n) is 8.56. The van der Waals surface area contributed by atoms with Gasteiger partial charge in [-0.05, 0) is 54.8 Å². The van der Waals surface area contributed by atoms with Gasteiger partial charge in [0.2, 0.25) is 6.79 Å². The number of carbonyl (C=O) groups excluding carboxylic acids is 1. The lowest BCUT2D eigenvalue weighted by Crippen LogP contribution is -2.15. The van der Waals surface area contributed by atoms with E-state index in [0.717, 1.165) is 28.4 Å². The average molecular weight is 425 g/mol. The third kappa shape index (κ3) is 3.22. The molecule has 1 saturated carbocycles.